The van der Waals surface area contributed by atoms with E-state index >= 15 is 0 Å². The lowest BCUT2D eigenvalue weighted by atomic mass is 10.2. The Hall–Kier alpha value is -0.930. The largest absolute Gasteiger partial charge is 0.495 e. The zero-order valence-electron chi connectivity index (χ0n) is 11.2. The third kappa shape index (κ3) is 2.90. The van der Waals surface area contributed by atoms with Gasteiger partial charge in [0.1, 0.15) is 5.75 Å². The molecule has 1 N–H and O–H groups in total. The van der Waals surface area contributed by atoms with E-state index in [-0.39, 0.29) is 0 Å². The van der Waals surface area contributed by atoms with Gasteiger partial charge in [-0.15, -0.1) is 0 Å². The van der Waals surface area contributed by atoms with E-state index in [9.17, 15) is 0 Å². The quantitative estimate of drug-likeness (QED) is 0.893. The predicted molar refractivity (Wildman–Crippen MR) is 76.9 cm³/mol. The second-order valence-electron chi connectivity index (χ2n) is 4.96. The van der Waals surface area contributed by atoms with Gasteiger partial charge in [0.05, 0.1) is 12.1 Å². The lowest BCUT2D eigenvalue weighted by Crippen LogP contribution is -2.37. The molecule has 0 saturated carbocycles. The zero-order chi connectivity index (χ0) is 13.1. The van der Waals surface area contributed by atoms with E-state index in [4.69, 9.17) is 16.3 Å². The van der Waals surface area contributed by atoms with Crippen LogP contribution in [0.5, 0.6) is 5.75 Å². The number of rotatable bonds is 2. The third-order valence-corrected chi connectivity index (χ3v) is 3.86. The summed E-state index contributed by atoms with van der Waals surface area (Å²) in [5, 5.41) is 4.21. The van der Waals surface area contributed by atoms with Gasteiger partial charge in [-0.1, -0.05) is 11.6 Å². The Labute approximate surface area is 114 Å². The van der Waals surface area contributed by atoms with E-state index in [2.05, 4.69) is 30.1 Å². The molecule has 2 unspecified atom stereocenters. The zero-order valence-corrected chi connectivity index (χ0v) is 12.0. The van der Waals surface area contributed by atoms with E-state index in [0.717, 1.165) is 25.3 Å². The highest BCUT2D eigenvalue weighted by atomic mass is 35.5. The van der Waals surface area contributed by atoms with Gasteiger partial charge >= 0.3 is 0 Å². The molecular weight excluding hydrogens is 248 g/mol. The lowest BCUT2D eigenvalue weighted by molar-refractivity contribution is 0.415. The van der Waals surface area contributed by atoms with Crippen LogP contribution in [0.3, 0.4) is 0 Å². The van der Waals surface area contributed by atoms with Crippen LogP contribution in [0.1, 0.15) is 20.3 Å². The maximum absolute atomic E-state index is 6.20. The number of nitrogens with zero attached hydrogens (tertiary/aromatic N) is 1. The first-order valence-corrected chi connectivity index (χ1v) is 6.83. The van der Waals surface area contributed by atoms with E-state index in [1.807, 2.05) is 12.1 Å². The highest BCUT2D eigenvalue weighted by Gasteiger charge is 2.20. The van der Waals surface area contributed by atoms with Crippen LogP contribution in [-0.2, 0) is 0 Å². The molecule has 1 saturated heterocycles. The third-order valence-electron chi connectivity index (χ3n) is 3.56. The fourth-order valence-electron chi connectivity index (χ4n) is 2.35. The summed E-state index contributed by atoms with van der Waals surface area (Å²) in [5.74, 6) is 0.731. The Bertz CT molecular complexity index is 411. The molecule has 0 aromatic heterocycles. The van der Waals surface area contributed by atoms with Crippen LogP contribution < -0.4 is 15.0 Å². The molecule has 100 valence electrons. The van der Waals surface area contributed by atoms with Crippen LogP contribution >= 0.6 is 11.6 Å². The molecule has 1 aliphatic rings. The van der Waals surface area contributed by atoms with Gasteiger partial charge in [-0.25, -0.2) is 0 Å². The van der Waals surface area contributed by atoms with Crippen molar-refractivity contribution in [1.82, 2.24) is 5.32 Å². The molecule has 4 heteroatoms. The van der Waals surface area contributed by atoms with Crippen molar-refractivity contribution in [3.8, 4) is 5.75 Å². The normalized spacial score (nSPS) is 24.8. The maximum Gasteiger partial charge on any atom is 0.137 e. The van der Waals surface area contributed by atoms with Crippen molar-refractivity contribution in [2.24, 2.45) is 0 Å². The number of methoxy groups -OCH3 is 1. The van der Waals surface area contributed by atoms with Gasteiger partial charge in [0.25, 0.3) is 0 Å². The number of hydrogen-bond acceptors (Lipinski definition) is 3. The minimum Gasteiger partial charge on any atom is -0.495 e. The molecule has 1 fully saturated rings. The maximum atomic E-state index is 6.20. The standard InChI is InChI=1S/C14H21ClN2O/c1-10-6-7-17(11(2)9-16-10)12-4-5-14(18-3)13(15)8-12/h4-5,8,10-11,16H,6-7,9H2,1-3H3. The molecule has 18 heavy (non-hydrogen) atoms. The SMILES string of the molecule is COc1ccc(N2CCC(C)NCC2C)cc1Cl. The number of halogens is 1. The molecule has 1 aromatic carbocycles. The fraction of sp³-hybridized carbons (Fsp3) is 0.571. The first-order chi connectivity index (χ1) is 8.61. The molecule has 2 rings (SSSR count). The smallest absolute Gasteiger partial charge is 0.137 e. The van der Waals surface area contributed by atoms with Gasteiger partial charge in [-0.3, -0.25) is 0 Å². The average molecular weight is 269 g/mol. The van der Waals surface area contributed by atoms with Crippen molar-refractivity contribution in [1.29, 1.82) is 0 Å². The second-order valence-corrected chi connectivity index (χ2v) is 5.37. The van der Waals surface area contributed by atoms with Gasteiger partial charge in [-0.2, -0.15) is 0 Å². The summed E-state index contributed by atoms with van der Waals surface area (Å²) in [4.78, 5) is 2.40. The number of nitrogens with one attached hydrogen (secondary N) is 1. The van der Waals surface area contributed by atoms with Crippen molar-refractivity contribution in [3.05, 3.63) is 23.2 Å². The van der Waals surface area contributed by atoms with Crippen molar-refractivity contribution >= 4 is 17.3 Å². The summed E-state index contributed by atoms with van der Waals surface area (Å²) in [6.45, 7) is 6.53. The van der Waals surface area contributed by atoms with Crippen molar-refractivity contribution < 1.29 is 4.74 Å². The van der Waals surface area contributed by atoms with Gasteiger partial charge in [0.2, 0.25) is 0 Å². The molecule has 1 aromatic rings. The molecule has 2 atom stereocenters. The Kier molecular flexibility index (Phi) is 4.36. The minimum absolute atomic E-state index is 0.472. The number of benzene rings is 1. The Balaban J connectivity index is 2.21. The average Bonchev–Trinajstić information content (AvgIpc) is 2.52. The number of anilines is 1. The van der Waals surface area contributed by atoms with Crippen LogP contribution in [0.2, 0.25) is 5.02 Å². The summed E-state index contributed by atoms with van der Waals surface area (Å²) in [6, 6.07) is 7.06. The Morgan fingerprint density at radius 2 is 2.17 bits per heavy atom. The number of hydrogen-bond donors (Lipinski definition) is 1. The van der Waals surface area contributed by atoms with Gasteiger partial charge in [-0.05, 0) is 38.5 Å². The van der Waals surface area contributed by atoms with Crippen molar-refractivity contribution in [3.63, 3.8) is 0 Å². The molecule has 0 spiro atoms. The van der Waals surface area contributed by atoms with E-state index < -0.39 is 0 Å². The number of ether oxygens (including phenoxy) is 1. The highest BCUT2D eigenvalue weighted by Crippen LogP contribution is 2.30. The summed E-state index contributed by atoms with van der Waals surface area (Å²) >= 11 is 6.20. The molecule has 1 heterocycles. The lowest BCUT2D eigenvalue weighted by Gasteiger charge is -2.29. The van der Waals surface area contributed by atoms with Crippen molar-refractivity contribution in [2.45, 2.75) is 32.4 Å². The van der Waals surface area contributed by atoms with Gasteiger partial charge in [0.15, 0.2) is 0 Å². The van der Waals surface area contributed by atoms with E-state index in [1.165, 1.54) is 5.69 Å². The van der Waals surface area contributed by atoms with E-state index in [1.54, 1.807) is 7.11 Å². The van der Waals surface area contributed by atoms with E-state index in [0.29, 0.717) is 17.1 Å². The summed E-state index contributed by atoms with van der Waals surface area (Å²) in [7, 11) is 1.64. The highest BCUT2D eigenvalue weighted by molar-refractivity contribution is 6.32. The van der Waals surface area contributed by atoms with Gasteiger partial charge in [0, 0.05) is 30.9 Å². The Morgan fingerprint density at radius 1 is 1.39 bits per heavy atom. The van der Waals surface area contributed by atoms with Crippen LogP contribution in [0.4, 0.5) is 5.69 Å². The Morgan fingerprint density at radius 3 is 2.83 bits per heavy atom. The topological polar surface area (TPSA) is 24.5 Å². The first kappa shape index (κ1) is 13.5. The van der Waals surface area contributed by atoms with Crippen LogP contribution in [0, 0.1) is 0 Å². The molecule has 0 amide bonds. The summed E-state index contributed by atoms with van der Waals surface area (Å²) < 4.78 is 5.19. The molecule has 0 radical (unpaired) electrons. The minimum atomic E-state index is 0.472. The molecular formula is C14H21ClN2O. The predicted octanol–water partition coefficient (Wildman–Crippen LogP) is 2.93. The second kappa shape index (κ2) is 5.81. The molecule has 3 nitrogen and oxygen atoms in total. The monoisotopic (exact) mass is 268 g/mol. The molecule has 1 aliphatic heterocycles. The van der Waals surface area contributed by atoms with Gasteiger partial charge < -0.3 is 15.0 Å². The summed E-state index contributed by atoms with van der Waals surface area (Å²) in [6.07, 6.45) is 1.15. The summed E-state index contributed by atoms with van der Waals surface area (Å²) in [5.41, 5.74) is 1.17. The van der Waals surface area contributed by atoms with Crippen molar-refractivity contribution in [2.75, 3.05) is 25.1 Å². The van der Waals surface area contributed by atoms with Crippen LogP contribution in [0.15, 0.2) is 18.2 Å². The molecule has 0 bridgehead atoms. The fourth-order valence-corrected chi connectivity index (χ4v) is 2.61. The first-order valence-electron chi connectivity index (χ1n) is 6.45. The van der Waals surface area contributed by atoms with Crippen LogP contribution in [0.25, 0.3) is 0 Å². The van der Waals surface area contributed by atoms with Crippen LogP contribution in [-0.4, -0.2) is 32.3 Å². The molecule has 0 aliphatic carbocycles.